The lowest BCUT2D eigenvalue weighted by atomic mass is 10.1. The third kappa shape index (κ3) is 2.98. The number of anilines is 1. The molecule has 3 nitrogen and oxygen atoms in total. The molecular weight excluding hydrogens is 230 g/mol. The average Bonchev–Trinajstić information content (AvgIpc) is 2.63. The normalized spacial score (nSPS) is 25.5. The first-order chi connectivity index (χ1) is 7.18. The van der Waals surface area contributed by atoms with E-state index in [1.54, 1.807) is 6.20 Å². The second-order valence-electron chi connectivity index (χ2n) is 3.97. The number of aromatic nitrogens is 2. The average molecular weight is 244 g/mol. The second-order valence-corrected chi connectivity index (χ2v) is 5.99. The highest BCUT2D eigenvalue weighted by Gasteiger charge is 2.29. The second kappa shape index (κ2) is 4.58. The maximum absolute atomic E-state index is 5.71. The van der Waals surface area contributed by atoms with E-state index in [0.717, 1.165) is 12.4 Å². The zero-order valence-corrected chi connectivity index (χ0v) is 10.2. The fraction of sp³-hybridized carbons (Fsp3) is 0.600. The topological polar surface area (TPSA) is 37.8 Å². The first kappa shape index (κ1) is 11.0. The van der Waals surface area contributed by atoms with Crippen LogP contribution in [0.25, 0.3) is 0 Å². The number of halogens is 1. The molecule has 0 amide bonds. The van der Waals surface area contributed by atoms with Gasteiger partial charge in [0.2, 0.25) is 5.28 Å². The van der Waals surface area contributed by atoms with Gasteiger partial charge in [0.1, 0.15) is 5.82 Å². The maximum atomic E-state index is 5.71. The van der Waals surface area contributed by atoms with Gasteiger partial charge in [-0.3, -0.25) is 0 Å². The van der Waals surface area contributed by atoms with Gasteiger partial charge in [-0.15, -0.1) is 0 Å². The summed E-state index contributed by atoms with van der Waals surface area (Å²) in [6, 6.07) is 1.84. The van der Waals surface area contributed by atoms with Gasteiger partial charge in [-0.25, -0.2) is 9.97 Å². The van der Waals surface area contributed by atoms with E-state index in [9.17, 15) is 0 Å². The lowest BCUT2D eigenvalue weighted by Crippen LogP contribution is -2.27. The molecule has 1 aromatic rings. The number of thioether (sulfide) groups is 1. The summed E-state index contributed by atoms with van der Waals surface area (Å²) in [5.74, 6) is 2.08. The fourth-order valence-electron chi connectivity index (χ4n) is 1.69. The zero-order chi connectivity index (χ0) is 10.7. The Hall–Kier alpha value is -0.480. The molecule has 1 aromatic heterocycles. The van der Waals surface area contributed by atoms with E-state index in [1.165, 1.54) is 18.6 Å². The Kier molecular flexibility index (Phi) is 3.36. The molecule has 1 atom stereocenters. The SMILES string of the molecule is CC1(CNc2ccnc(Cl)n2)CCCS1. The molecule has 5 heteroatoms. The van der Waals surface area contributed by atoms with E-state index in [2.05, 4.69) is 22.2 Å². The predicted octanol–water partition coefficient (Wildman–Crippen LogP) is 2.83. The van der Waals surface area contributed by atoms with Gasteiger partial charge in [0, 0.05) is 17.5 Å². The molecule has 0 aromatic carbocycles. The summed E-state index contributed by atoms with van der Waals surface area (Å²) in [5, 5.41) is 3.61. The molecule has 2 heterocycles. The highest BCUT2D eigenvalue weighted by atomic mass is 35.5. The van der Waals surface area contributed by atoms with E-state index in [4.69, 9.17) is 11.6 Å². The molecule has 0 saturated carbocycles. The van der Waals surface area contributed by atoms with Gasteiger partial charge in [0.25, 0.3) is 0 Å². The van der Waals surface area contributed by atoms with Crippen LogP contribution in [0.4, 0.5) is 5.82 Å². The van der Waals surface area contributed by atoms with Crippen molar-refractivity contribution in [3.63, 3.8) is 0 Å². The van der Waals surface area contributed by atoms with Crippen LogP contribution in [0, 0.1) is 0 Å². The maximum Gasteiger partial charge on any atom is 0.224 e. The Bertz CT molecular complexity index is 339. The van der Waals surface area contributed by atoms with Crippen LogP contribution in [0.15, 0.2) is 12.3 Å². The molecule has 15 heavy (non-hydrogen) atoms. The number of rotatable bonds is 3. The van der Waals surface area contributed by atoms with Gasteiger partial charge in [-0.05, 0) is 43.2 Å². The van der Waals surface area contributed by atoms with Gasteiger partial charge in [-0.2, -0.15) is 11.8 Å². The molecule has 82 valence electrons. The minimum Gasteiger partial charge on any atom is -0.369 e. The molecule has 1 saturated heterocycles. The van der Waals surface area contributed by atoms with Crippen molar-refractivity contribution < 1.29 is 0 Å². The Morgan fingerprint density at radius 3 is 3.20 bits per heavy atom. The molecule has 0 bridgehead atoms. The van der Waals surface area contributed by atoms with Crippen LogP contribution in [-0.2, 0) is 0 Å². The van der Waals surface area contributed by atoms with Crippen molar-refractivity contribution in [2.24, 2.45) is 0 Å². The van der Waals surface area contributed by atoms with E-state index < -0.39 is 0 Å². The molecule has 1 aliphatic rings. The van der Waals surface area contributed by atoms with E-state index in [0.29, 0.717) is 10.0 Å². The summed E-state index contributed by atoms with van der Waals surface area (Å²) >= 11 is 7.74. The van der Waals surface area contributed by atoms with Crippen molar-refractivity contribution in [1.82, 2.24) is 9.97 Å². The van der Waals surface area contributed by atoms with Crippen LogP contribution in [0.1, 0.15) is 19.8 Å². The van der Waals surface area contributed by atoms with Crippen LogP contribution in [-0.4, -0.2) is 27.0 Å². The molecule has 0 aliphatic carbocycles. The van der Waals surface area contributed by atoms with Gasteiger partial charge < -0.3 is 5.32 Å². The predicted molar refractivity (Wildman–Crippen MR) is 65.6 cm³/mol. The van der Waals surface area contributed by atoms with Gasteiger partial charge in [0.05, 0.1) is 0 Å². The standard InChI is InChI=1S/C10H14ClN3S/c1-10(4-2-6-15-10)7-13-8-3-5-12-9(11)14-8/h3,5H,2,4,6-7H2,1H3,(H,12,13,14). The molecule has 1 fully saturated rings. The fourth-order valence-corrected chi connectivity index (χ4v) is 3.08. The third-order valence-electron chi connectivity index (χ3n) is 2.57. The largest absolute Gasteiger partial charge is 0.369 e. The number of hydrogen-bond acceptors (Lipinski definition) is 4. The van der Waals surface area contributed by atoms with Crippen LogP contribution in [0.5, 0.6) is 0 Å². The quantitative estimate of drug-likeness (QED) is 0.829. The molecule has 1 N–H and O–H groups in total. The van der Waals surface area contributed by atoms with E-state index in [-0.39, 0.29) is 0 Å². The first-order valence-electron chi connectivity index (χ1n) is 5.04. The number of nitrogens with zero attached hydrogens (tertiary/aromatic N) is 2. The van der Waals surface area contributed by atoms with Crippen LogP contribution < -0.4 is 5.32 Å². The zero-order valence-electron chi connectivity index (χ0n) is 8.66. The molecule has 2 rings (SSSR count). The summed E-state index contributed by atoms with van der Waals surface area (Å²) < 4.78 is 0.345. The third-order valence-corrected chi connectivity index (χ3v) is 4.29. The van der Waals surface area contributed by atoms with Crippen molar-refractivity contribution in [1.29, 1.82) is 0 Å². The molecule has 0 spiro atoms. The lowest BCUT2D eigenvalue weighted by molar-refractivity contribution is 0.633. The Morgan fingerprint density at radius 2 is 2.53 bits per heavy atom. The summed E-state index contributed by atoms with van der Waals surface area (Å²) in [6.07, 6.45) is 4.25. The minimum absolute atomic E-state index is 0.296. The minimum atomic E-state index is 0.296. The number of hydrogen-bond donors (Lipinski definition) is 1. The lowest BCUT2D eigenvalue weighted by Gasteiger charge is -2.23. The Labute approximate surface area is 99.0 Å². The van der Waals surface area contributed by atoms with Crippen molar-refractivity contribution >= 4 is 29.2 Å². The van der Waals surface area contributed by atoms with Crippen LogP contribution in [0.2, 0.25) is 5.28 Å². The molecular formula is C10H14ClN3S. The monoisotopic (exact) mass is 243 g/mol. The van der Waals surface area contributed by atoms with E-state index in [1.807, 2.05) is 17.8 Å². The van der Waals surface area contributed by atoms with Gasteiger partial charge in [-0.1, -0.05) is 0 Å². The summed E-state index contributed by atoms with van der Waals surface area (Å²) in [7, 11) is 0. The van der Waals surface area contributed by atoms with Crippen molar-refractivity contribution in [2.75, 3.05) is 17.6 Å². The Morgan fingerprint density at radius 1 is 1.67 bits per heavy atom. The van der Waals surface area contributed by atoms with Gasteiger partial charge >= 0.3 is 0 Å². The van der Waals surface area contributed by atoms with Gasteiger partial charge in [0.15, 0.2) is 0 Å². The first-order valence-corrected chi connectivity index (χ1v) is 6.41. The van der Waals surface area contributed by atoms with Crippen molar-refractivity contribution in [2.45, 2.75) is 24.5 Å². The molecule has 1 unspecified atom stereocenters. The summed E-state index contributed by atoms with van der Waals surface area (Å²) in [4.78, 5) is 7.95. The smallest absolute Gasteiger partial charge is 0.224 e. The number of nitrogens with one attached hydrogen (secondary N) is 1. The van der Waals surface area contributed by atoms with Crippen LogP contribution in [0.3, 0.4) is 0 Å². The van der Waals surface area contributed by atoms with E-state index >= 15 is 0 Å². The molecule has 0 radical (unpaired) electrons. The Balaban J connectivity index is 1.92. The highest BCUT2D eigenvalue weighted by molar-refractivity contribution is 8.00. The summed E-state index contributed by atoms with van der Waals surface area (Å²) in [6.45, 7) is 3.23. The highest BCUT2D eigenvalue weighted by Crippen LogP contribution is 2.37. The summed E-state index contributed by atoms with van der Waals surface area (Å²) in [5.41, 5.74) is 0. The van der Waals surface area contributed by atoms with Crippen molar-refractivity contribution in [3.8, 4) is 0 Å². The molecule has 1 aliphatic heterocycles. The van der Waals surface area contributed by atoms with Crippen molar-refractivity contribution in [3.05, 3.63) is 17.5 Å². The van der Waals surface area contributed by atoms with Crippen LogP contribution >= 0.6 is 23.4 Å².